The van der Waals surface area contributed by atoms with E-state index in [9.17, 15) is 9.18 Å². The number of halogens is 2. The van der Waals surface area contributed by atoms with Gasteiger partial charge in [-0.1, -0.05) is 35.9 Å². The maximum absolute atomic E-state index is 13.5. The van der Waals surface area contributed by atoms with E-state index in [0.29, 0.717) is 17.3 Å². The van der Waals surface area contributed by atoms with Crippen molar-refractivity contribution in [2.45, 2.75) is 19.4 Å². The van der Waals surface area contributed by atoms with Crippen molar-refractivity contribution in [2.24, 2.45) is 5.92 Å². The van der Waals surface area contributed by atoms with E-state index in [1.165, 1.54) is 18.5 Å². The Morgan fingerprint density at radius 1 is 1.10 bits per heavy atom. The second-order valence-electron chi connectivity index (χ2n) is 7.38. The fourth-order valence-electron chi connectivity index (χ4n) is 3.63. The first kappa shape index (κ1) is 20.3. The SMILES string of the molecule is O=C(NCc1ccc(Cl)cc1)C1CCN(c2cc(-c3cccc(F)c3)ncn2)CC1. The number of anilines is 1. The molecule has 1 saturated heterocycles. The third-order valence-electron chi connectivity index (χ3n) is 5.34. The molecular weight excluding hydrogens is 403 g/mol. The van der Waals surface area contributed by atoms with Crippen molar-refractivity contribution in [3.63, 3.8) is 0 Å². The number of aromatic nitrogens is 2. The minimum Gasteiger partial charge on any atom is -0.356 e. The normalized spacial score (nSPS) is 14.5. The van der Waals surface area contributed by atoms with Crippen LogP contribution in [0.5, 0.6) is 0 Å². The van der Waals surface area contributed by atoms with E-state index in [1.54, 1.807) is 6.07 Å². The van der Waals surface area contributed by atoms with Crippen molar-refractivity contribution in [3.05, 3.63) is 77.3 Å². The Balaban J connectivity index is 1.33. The Labute approximate surface area is 179 Å². The predicted octanol–water partition coefficient (Wildman–Crippen LogP) is 4.47. The highest BCUT2D eigenvalue weighted by Crippen LogP contribution is 2.25. The Morgan fingerprint density at radius 2 is 1.87 bits per heavy atom. The zero-order chi connectivity index (χ0) is 20.9. The van der Waals surface area contributed by atoms with Crippen molar-refractivity contribution in [1.82, 2.24) is 15.3 Å². The fraction of sp³-hybridized carbons (Fsp3) is 0.261. The number of hydrogen-bond donors (Lipinski definition) is 1. The summed E-state index contributed by atoms with van der Waals surface area (Å²) in [6.07, 6.45) is 3.01. The lowest BCUT2D eigenvalue weighted by Crippen LogP contribution is -2.40. The van der Waals surface area contributed by atoms with Crippen LogP contribution in [0.25, 0.3) is 11.3 Å². The van der Waals surface area contributed by atoms with Crippen LogP contribution in [0, 0.1) is 11.7 Å². The number of rotatable bonds is 5. The number of carbonyl (C=O) groups is 1. The molecule has 2 heterocycles. The molecule has 30 heavy (non-hydrogen) atoms. The number of nitrogens with one attached hydrogen (secondary N) is 1. The topological polar surface area (TPSA) is 58.1 Å². The van der Waals surface area contributed by atoms with E-state index in [-0.39, 0.29) is 17.6 Å². The molecule has 1 N–H and O–H groups in total. The summed E-state index contributed by atoms with van der Waals surface area (Å²) in [7, 11) is 0. The Hall–Kier alpha value is -2.99. The molecule has 3 aromatic rings. The third-order valence-corrected chi connectivity index (χ3v) is 5.59. The first-order valence-corrected chi connectivity index (χ1v) is 10.3. The summed E-state index contributed by atoms with van der Waals surface area (Å²) >= 11 is 5.89. The minimum absolute atomic E-state index is 0.0157. The van der Waals surface area contributed by atoms with Gasteiger partial charge in [-0.25, -0.2) is 14.4 Å². The van der Waals surface area contributed by atoms with Crippen LogP contribution in [0.15, 0.2) is 60.9 Å². The Bertz CT molecular complexity index is 1020. The van der Waals surface area contributed by atoms with Crippen LogP contribution in [-0.2, 0) is 11.3 Å². The van der Waals surface area contributed by atoms with Gasteiger partial charge in [-0.3, -0.25) is 4.79 Å². The summed E-state index contributed by atoms with van der Waals surface area (Å²) in [6, 6.07) is 15.7. The zero-order valence-electron chi connectivity index (χ0n) is 16.4. The lowest BCUT2D eigenvalue weighted by atomic mass is 9.95. The highest BCUT2D eigenvalue weighted by molar-refractivity contribution is 6.30. The summed E-state index contributed by atoms with van der Waals surface area (Å²) in [5.41, 5.74) is 2.42. The molecule has 5 nitrogen and oxygen atoms in total. The highest BCUT2D eigenvalue weighted by Gasteiger charge is 2.25. The van der Waals surface area contributed by atoms with Crippen molar-refractivity contribution in [1.29, 1.82) is 0 Å². The number of hydrogen-bond acceptors (Lipinski definition) is 4. The third kappa shape index (κ3) is 4.94. The van der Waals surface area contributed by atoms with Gasteiger partial charge in [0.2, 0.25) is 5.91 Å². The van der Waals surface area contributed by atoms with Gasteiger partial charge < -0.3 is 10.2 Å². The molecule has 154 valence electrons. The van der Waals surface area contributed by atoms with Gasteiger partial charge in [-0.05, 0) is 42.7 Å². The maximum Gasteiger partial charge on any atom is 0.223 e. The number of nitrogens with zero attached hydrogens (tertiary/aromatic N) is 3. The summed E-state index contributed by atoms with van der Waals surface area (Å²) in [5, 5.41) is 3.70. The van der Waals surface area contributed by atoms with Crippen molar-refractivity contribution < 1.29 is 9.18 Å². The molecule has 1 amide bonds. The molecule has 1 aromatic heterocycles. The van der Waals surface area contributed by atoms with Gasteiger partial charge in [0, 0.05) is 42.2 Å². The van der Waals surface area contributed by atoms with Gasteiger partial charge in [0.05, 0.1) is 5.69 Å². The van der Waals surface area contributed by atoms with Gasteiger partial charge in [0.1, 0.15) is 18.0 Å². The molecule has 1 aliphatic heterocycles. The second-order valence-corrected chi connectivity index (χ2v) is 7.81. The van der Waals surface area contributed by atoms with Crippen molar-refractivity contribution in [2.75, 3.05) is 18.0 Å². The lowest BCUT2D eigenvalue weighted by Gasteiger charge is -2.32. The standard InChI is InChI=1S/C23H22ClFN4O/c24-19-6-4-16(5-7-19)14-26-23(30)17-8-10-29(11-9-17)22-13-21(27-15-28-22)18-2-1-3-20(25)12-18/h1-7,12-13,15,17H,8-11,14H2,(H,26,30). The maximum atomic E-state index is 13.5. The van der Waals surface area contributed by atoms with Crippen molar-refractivity contribution in [3.8, 4) is 11.3 Å². The predicted molar refractivity (Wildman–Crippen MR) is 116 cm³/mol. The number of piperidine rings is 1. The molecule has 0 spiro atoms. The average Bonchev–Trinajstić information content (AvgIpc) is 2.79. The van der Waals surface area contributed by atoms with Gasteiger partial charge in [0.15, 0.2) is 0 Å². The molecule has 7 heteroatoms. The molecule has 4 rings (SSSR count). The van der Waals surface area contributed by atoms with E-state index >= 15 is 0 Å². The van der Waals surface area contributed by atoms with E-state index in [1.807, 2.05) is 36.4 Å². The molecule has 1 fully saturated rings. The summed E-state index contributed by atoms with van der Waals surface area (Å²) in [5.74, 6) is 0.563. The number of amides is 1. The second kappa shape index (κ2) is 9.22. The van der Waals surface area contributed by atoms with Crippen LogP contribution in [0.2, 0.25) is 5.02 Å². The van der Waals surface area contributed by atoms with Crippen LogP contribution >= 0.6 is 11.6 Å². The fourth-order valence-corrected chi connectivity index (χ4v) is 3.76. The van der Waals surface area contributed by atoms with Crippen LogP contribution in [0.3, 0.4) is 0 Å². The quantitative estimate of drug-likeness (QED) is 0.656. The van der Waals surface area contributed by atoms with Gasteiger partial charge in [-0.15, -0.1) is 0 Å². The Kier molecular flexibility index (Phi) is 6.23. The number of carbonyl (C=O) groups excluding carboxylic acids is 1. The van der Waals surface area contributed by atoms with E-state index < -0.39 is 0 Å². The molecule has 0 aliphatic carbocycles. The zero-order valence-corrected chi connectivity index (χ0v) is 17.1. The average molecular weight is 425 g/mol. The van der Waals surface area contributed by atoms with Crippen LogP contribution < -0.4 is 10.2 Å². The molecule has 0 unspecified atom stereocenters. The van der Waals surface area contributed by atoms with Crippen LogP contribution in [0.1, 0.15) is 18.4 Å². The summed E-state index contributed by atoms with van der Waals surface area (Å²) in [6.45, 7) is 1.97. The van der Waals surface area contributed by atoms with Crippen LogP contribution in [-0.4, -0.2) is 29.0 Å². The molecular formula is C23H22ClFN4O. The molecule has 0 radical (unpaired) electrons. The first-order valence-electron chi connectivity index (χ1n) is 9.93. The summed E-state index contributed by atoms with van der Waals surface area (Å²) < 4.78 is 13.5. The number of benzene rings is 2. The monoisotopic (exact) mass is 424 g/mol. The lowest BCUT2D eigenvalue weighted by molar-refractivity contribution is -0.125. The van der Waals surface area contributed by atoms with Gasteiger partial charge in [-0.2, -0.15) is 0 Å². The van der Waals surface area contributed by atoms with Crippen molar-refractivity contribution >= 4 is 23.3 Å². The van der Waals surface area contributed by atoms with E-state index in [4.69, 9.17) is 11.6 Å². The minimum atomic E-state index is -0.293. The molecule has 2 aromatic carbocycles. The molecule has 0 saturated carbocycles. The van der Waals surface area contributed by atoms with Gasteiger partial charge in [0.25, 0.3) is 0 Å². The summed E-state index contributed by atoms with van der Waals surface area (Å²) in [4.78, 5) is 23.3. The largest absolute Gasteiger partial charge is 0.356 e. The highest BCUT2D eigenvalue weighted by atomic mass is 35.5. The van der Waals surface area contributed by atoms with E-state index in [0.717, 1.165) is 42.9 Å². The Morgan fingerprint density at radius 3 is 2.60 bits per heavy atom. The molecule has 0 bridgehead atoms. The molecule has 1 aliphatic rings. The smallest absolute Gasteiger partial charge is 0.223 e. The van der Waals surface area contributed by atoms with Crippen LogP contribution in [0.4, 0.5) is 10.2 Å². The molecule has 0 atom stereocenters. The van der Waals surface area contributed by atoms with Gasteiger partial charge >= 0.3 is 0 Å². The van der Waals surface area contributed by atoms with E-state index in [2.05, 4.69) is 20.2 Å². The first-order chi connectivity index (χ1) is 14.6.